The summed E-state index contributed by atoms with van der Waals surface area (Å²) in [5, 5.41) is 0. The number of amides is 1. The van der Waals surface area contributed by atoms with Crippen LogP contribution in [-0.2, 0) is 4.79 Å². The Bertz CT molecular complexity index is 199. The molecule has 14 heavy (non-hydrogen) atoms. The van der Waals surface area contributed by atoms with Crippen molar-refractivity contribution >= 4 is 5.91 Å². The normalized spacial score (nSPS) is 18.6. The van der Waals surface area contributed by atoms with E-state index in [1.54, 1.807) is 0 Å². The molecule has 1 aliphatic rings. The summed E-state index contributed by atoms with van der Waals surface area (Å²) in [5.41, 5.74) is -0.224. The zero-order valence-electron chi connectivity index (χ0n) is 9.97. The van der Waals surface area contributed by atoms with Gasteiger partial charge in [-0.2, -0.15) is 0 Å². The average molecular weight is 197 g/mol. The first-order valence-electron chi connectivity index (χ1n) is 5.78. The topological polar surface area (TPSA) is 20.3 Å². The van der Waals surface area contributed by atoms with Gasteiger partial charge in [0.2, 0.25) is 5.91 Å². The van der Waals surface area contributed by atoms with Gasteiger partial charge in [-0.25, -0.2) is 0 Å². The zero-order valence-corrected chi connectivity index (χ0v) is 9.97. The highest BCUT2D eigenvalue weighted by Gasteiger charge is 2.32. The molecule has 82 valence electrons. The first-order chi connectivity index (χ1) is 6.46. The molecular formula is C12H23NO. The molecule has 0 aromatic carbocycles. The van der Waals surface area contributed by atoms with Crippen LogP contribution >= 0.6 is 0 Å². The van der Waals surface area contributed by atoms with Crippen LogP contribution in [0, 0.1) is 5.41 Å². The highest BCUT2D eigenvalue weighted by atomic mass is 16.2. The molecule has 0 aromatic rings. The number of nitrogens with zero attached hydrogens (tertiary/aromatic N) is 1. The van der Waals surface area contributed by atoms with Crippen molar-refractivity contribution < 1.29 is 4.79 Å². The van der Waals surface area contributed by atoms with Gasteiger partial charge in [-0.1, -0.05) is 33.6 Å². The first kappa shape index (κ1) is 11.5. The lowest BCUT2D eigenvalue weighted by Crippen LogP contribution is -2.44. The third kappa shape index (κ3) is 2.49. The molecule has 2 heteroatoms. The van der Waals surface area contributed by atoms with Crippen LogP contribution in [0.25, 0.3) is 0 Å². The third-order valence-corrected chi connectivity index (χ3v) is 3.01. The van der Waals surface area contributed by atoms with Crippen molar-refractivity contribution in [3.8, 4) is 0 Å². The van der Waals surface area contributed by atoms with Gasteiger partial charge in [-0.05, 0) is 19.8 Å². The Morgan fingerprint density at radius 3 is 2.14 bits per heavy atom. The van der Waals surface area contributed by atoms with E-state index in [1.807, 2.05) is 20.8 Å². The molecule has 2 nitrogen and oxygen atoms in total. The van der Waals surface area contributed by atoms with Crippen molar-refractivity contribution in [1.29, 1.82) is 0 Å². The summed E-state index contributed by atoms with van der Waals surface area (Å²) in [7, 11) is 0. The van der Waals surface area contributed by atoms with E-state index in [0.29, 0.717) is 11.9 Å². The van der Waals surface area contributed by atoms with Crippen LogP contribution in [0.4, 0.5) is 0 Å². The Morgan fingerprint density at radius 1 is 1.29 bits per heavy atom. The quantitative estimate of drug-likeness (QED) is 0.666. The summed E-state index contributed by atoms with van der Waals surface area (Å²) in [6.45, 7) is 8.97. The van der Waals surface area contributed by atoms with E-state index in [2.05, 4.69) is 11.8 Å². The van der Waals surface area contributed by atoms with Crippen molar-refractivity contribution in [2.45, 2.75) is 59.4 Å². The van der Waals surface area contributed by atoms with Gasteiger partial charge in [0, 0.05) is 18.0 Å². The Kier molecular flexibility index (Phi) is 3.57. The summed E-state index contributed by atoms with van der Waals surface area (Å²) in [6, 6.07) is 0.520. The molecule has 1 aliphatic carbocycles. The SMILES string of the molecule is CCN(C(=O)C(C)(C)C)C1CCCC1. The van der Waals surface area contributed by atoms with Gasteiger partial charge in [0.15, 0.2) is 0 Å². The van der Waals surface area contributed by atoms with Crippen molar-refractivity contribution in [3.63, 3.8) is 0 Å². The third-order valence-electron chi connectivity index (χ3n) is 3.01. The van der Waals surface area contributed by atoms with Gasteiger partial charge >= 0.3 is 0 Å². The van der Waals surface area contributed by atoms with Crippen LogP contribution in [0.1, 0.15) is 53.4 Å². The maximum atomic E-state index is 12.1. The van der Waals surface area contributed by atoms with Crippen molar-refractivity contribution in [2.75, 3.05) is 6.54 Å². The van der Waals surface area contributed by atoms with Crippen LogP contribution < -0.4 is 0 Å². The molecule has 0 N–H and O–H groups in total. The molecule has 0 bridgehead atoms. The summed E-state index contributed by atoms with van der Waals surface area (Å²) >= 11 is 0. The Labute approximate surface area is 87.7 Å². The molecule has 1 saturated carbocycles. The lowest BCUT2D eigenvalue weighted by atomic mass is 9.93. The summed E-state index contributed by atoms with van der Waals surface area (Å²) in [5.74, 6) is 0.312. The molecule has 1 amide bonds. The highest BCUT2D eigenvalue weighted by molar-refractivity contribution is 5.81. The van der Waals surface area contributed by atoms with Gasteiger partial charge in [0.1, 0.15) is 0 Å². The summed E-state index contributed by atoms with van der Waals surface area (Å²) in [4.78, 5) is 14.2. The van der Waals surface area contributed by atoms with Crippen molar-refractivity contribution in [2.24, 2.45) is 5.41 Å². The van der Waals surface area contributed by atoms with Crippen molar-refractivity contribution in [3.05, 3.63) is 0 Å². The zero-order chi connectivity index (χ0) is 10.8. The van der Waals surface area contributed by atoms with E-state index < -0.39 is 0 Å². The van der Waals surface area contributed by atoms with Crippen LogP contribution in [0.2, 0.25) is 0 Å². The van der Waals surface area contributed by atoms with E-state index in [-0.39, 0.29) is 5.41 Å². The van der Waals surface area contributed by atoms with Gasteiger partial charge < -0.3 is 4.90 Å². The Morgan fingerprint density at radius 2 is 1.79 bits per heavy atom. The lowest BCUT2D eigenvalue weighted by molar-refractivity contribution is -0.141. The van der Waals surface area contributed by atoms with E-state index in [1.165, 1.54) is 25.7 Å². The lowest BCUT2D eigenvalue weighted by Gasteiger charge is -2.33. The summed E-state index contributed by atoms with van der Waals surface area (Å²) in [6.07, 6.45) is 4.99. The molecule has 0 spiro atoms. The van der Waals surface area contributed by atoms with E-state index in [4.69, 9.17) is 0 Å². The van der Waals surface area contributed by atoms with Crippen molar-refractivity contribution in [1.82, 2.24) is 4.90 Å². The Balaban J connectivity index is 2.65. The van der Waals surface area contributed by atoms with E-state index in [9.17, 15) is 4.79 Å². The molecule has 0 saturated heterocycles. The standard InChI is InChI=1S/C12H23NO/c1-5-13(10-8-6-7-9-10)11(14)12(2,3)4/h10H,5-9H2,1-4H3. The average Bonchev–Trinajstić information content (AvgIpc) is 2.57. The van der Waals surface area contributed by atoms with E-state index >= 15 is 0 Å². The molecule has 0 heterocycles. The second-order valence-electron chi connectivity index (χ2n) is 5.28. The fourth-order valence-electron chi connectivity index (χ4n) is 2.21. The van der Waals surface area contributed by atoms with Crippen LogP contribution in [0.15, 0.2) is 0 Å². The molecule has 0 atom stereocenters. The minimum atomic E-state index is -0.224. The fourth-order valence-corrected chi connectivity index (χ4v) is 2.21. The second kappa shape index (κ2) is 4.33. The fraction of sp³-hybridized carbons (Fsp3) is 0.917. The predicted molar refractivity (Wildman–Crippen MR) is 59.1 cm³/mol. The van der Waals surface area contributed by atoms with Crippen LogP contribution in [-0.4, -0.2) is 23.4 Å². The van der Waals surface area contributed by atoms with Crippen LogP contribution in [0.3, 0.4) is 0 Å². The van der Waals surface area contributed by atoms with Crippen LogP contribution in [0.5, 0.6) is 0 Å². The predicted octanol–water partition coefficient (Wildman–Crippen LogP) is 2.82. The van der Waals surface area contributed by atoms with Gasteiger partial charge in [0.25, 0.3) is 0 Å². The molecular weight excluding hydrogens is 174 g/mol. The van der Waals surface area contributed by atoms with Gasteiger partial charge in [-0.15, -0.1) is 0 Å². The number of rotatable bonds is 2. The minimum Gasteiger partial charge on any atom is -0.340 e. The van der Waals surface area contributed by atoms with Gasteiger partial charge in [-0.3, -0.25) is 4.79 Å². The number of carbonyl (C=O) groups is 1. The van der Waals surface area contributed by atoms with E-state index in [0.717, 1.165) is 6.54 Å². The molecule has 0 radical (unpaired) electrons. The number of hydrogen-bond donors (Lipinski definition) is 0. The molecule has 0 aliphatic heterocycles. The Hall–Kier alpha value is -0.530. The maximum Gasteiger partial charge on any atom is 0.228 e. The molecule has 0 aromatic heterocycles. The summed E-state index contributed by atoms with van der Waals surface area (Å²) < 4.78 is 0. The molecule has 0 unspecified atom stereocenters. The number of carbonyl (C=O) groups excluding carboxylic acids is 1. The highest BCUT2D eigenvalue weighted by Crippen LogP contribution is 2.27. The smallest absolute Gasteiger partial charge is 0.228 e. The van der Waals surface area contributed by atoms with Gasteiger partial charge in [0.05, 0.1) is 0 Å². The first-order valence-corrected chi connectivity index (χ1v) is 5.78. The second-order valence-corrected chi connectivity index (χ2v) is 5.28. The minimum absolute atomic E-state index is 0.224. The maximum absolute atomic E-state index is 12.1. The monoisotopic (exact) mass is 197 g/mol. The largest absolute Gasteiger partial charge is 0.340 e. The molecule has 1 rings (SSSR count). The molecule has 1 fully saturated rings. The number of hydrogen-bond acceptors (Lipinski definition) is 1.